The van der Waals surface area contributed by atoms with Crippen LogP contribution in [0.15, 0.2) is 12.1 Å². The Balaban J connectivity index is 3.57. The Morgan fingerprint density at radius 2 is 1.50 bits per heavy atom. The van der Waals surface area contributed by atoms with E-state index in [0.29, 0.717) is 0 Å². The lowest BCUT2D eigenvalue weighted by Crippen LogP contribution is -2.20. The van der Waals surface area contributed by atoms with Crippen molar-refractivity contribution in [2.24, 2.45) is 0 Å². The summed E-state index contributed by atoms with van der Waals surface area (Å²) in [5, 5.41) is 2.91. The average Bonchev–Trinajstić information content (AvgIpc) is 2.24. The molecule has 0 atom stereocenters. The van der Waals surface area contributed by atoms with Gasteiger partial charge in [0.05, 0.1) is 7.11 Å². The first-order valence-electron chi connectivity index (χ1n) is 6.97. The molecule has 0 fully saturated rings. The molecule has 1 aromatic carbocycles. The van der Waals surface area contributed by atoms with Crippen LogP contribution in [0.25, 0.3) is 0 Å². The van der Waals surface area contributed by atoms with Gasteiger partial charge in [0.15, 0.2) is 0 Å². The van der Waals surface area contributed by atoms with E-state index in [1.165, 1.54) is 6.92 Å². The normalized spacial score (nSPS) is 12.2. The van der Waals surface area contributed by atoms with E-state index in [0.717, 1.165) is 22.6 Å². The highest BCUT2D eigenvalue weighted by atomic mass is 16.5. The van der Waals surface area contributed by atoms with Crippen LogP contribution in [0.1, 0.15) is 59.6 Å². The van der Waals surface area contributed by atoms with Gasteiger partial charge in [-0.25, -0.2) is 0 Å². The van der Waals surface area contributed by atoms with Gasteiger partial charge >= 0.3 is 0 Å². The second-order valence-electron chi connectivity index (χ2n) is 7.28. The molecule has 1 amide bonds. The number of rotatable bonds is 2. The standard InChI is InChI=1S/C17H27NO2/c1-11(19)18-14-10-15(20-8)13(17(5,6)7)9-12(14)16(2,3)4/h9-10H,1-8H3,(H,18,19). The third-order valence-electron chi connectivity index (χ3n) is 3.27. The lowest BCUT2D eigenvalue weighted by Gasteiger charge is -2.29. The fraction of sp³-hybridized carbons (Fsp3) is 0.588. The lowest BCUT2D eigenvalue weighted by atomic mass is 9.79. The van der Waals surface area contributed by atoms with Gasteiger partial charge in [0.2, 0.25) is 5.91 Å². The topological polar surface area (TPSA) is 38.3 Å². The number of amides is 1. The van der Waals surface area contributed by atoms with Gasteiger partial charge in [-0.3, -0.25) is 4.79 Å². The summed E-state index contributed by atoms with van der Waals surface area (Å²) in [4.78, 5) is 11.4. The fourth-order valence-corrected chi connectivity index (χ4v) is 2.25. The molecular weight excluding hydrogens is 250 g/mol. The zero-order valence-corrected chi connectivity index (χ0v) is 14.0. The molecule has 0 radical (unpaired) electrons. The predicted molar refractivity (Wildman–Crippen MR) is 84.7 cm³/mol. The molecule has 3 heteroatoms. The van der Waals surface area contributed by atoms with E-state index in [-0.39, 0.29) is 16.7 Å². The van der Waals surface area contributed by atoms with Gasteiger partial charge in [0.1, 0.15) is 5.75 Å². The SMILES string of the molecule is COc1cc(NC(C)=O)c(C(C)(C)C)cc1C(C)(C)C. The minimum Gasteiger partial charge on any atom is -0.496 e. The van der Waals surface area contributed by atoms with E-state index in [1.54, 1.807) is 7.11 Å². The number of hydrogen-bond acceptors (Lipinski definition) is 2. The number of benzene rings is 1. The Kier molecular flexibility index (Phi) is 4.52. The minimum atomic E-state index is -0.0685. The zero-order chi connectivity index (χ0) is 15.7. The third-order valence-corrected chi connectivity index (χ3v) is 3.27. The van der Waals surface area contributed by atoms with Crippen molar-refractivity contribution in [1.29, 1.82) is 0 Å². The maximum atomic E-state index is 11.4. The van der Waals surface area contributed by atoms with Crippen LogP contribution >= 0.6 is 0 Å². The molecule has 0 aliphatic rings. The second kappa shape index (κ2) is 5.47. The lowest BCUT2D eigenvalue weighted by molar-refractivity contribution is -0.114. The van der Waals surface area contributed by atoms with Crippen molar-refractivity contribution in [3.63, 3.8) is 0 Å². The Morgan fingerprint density at radius 1 is 1.00 bits per heavy atom. The molecule has 0 spiro atoms. The zero-order valence-electron chi connectivity index (χ0n) is 14.0. The van der Waals surface area contributed by atoms with Gasteiger partial charge in [0, 0.05) is 18.7 Å². The summed E-state index contributed by atoms with van der Waals surface area (Å²) >= 11 is 0. The molecule has 112 valence electrons. The number of hydrogen-bond donors (Lipinski definition) is 1. The molecule has 20 heavy (non-hydrogen) atoms. The van der Waals surface area contributed by atoms with Gasteiger partial charge in [0.25, 0.3) is 0 Å². The summed E-state index contributed by atoms with van der Waals surface area (Å²) in [5.41, 5.74) is 3.04. The van der Waals surface area contributed by atoms with Crippen LogP contribution in [0.5, 0.6) is 5.75 Å². The molecule has 0 bridgehead atoms. The molecule has 0 unspecified atom stereocenters. The van der Waals surface area contributed by atoms with Gasteiger partial charge < -0.3 is 10.1 Å². The molecule has 3 nitrogen and oxygen atoms in total. The Labute approximate surface area is 122 Å². The van der Waals surface area contributed by atoms with E-state index in [9.17, 15) is 4.79 Å². The molecule has 1 N–H and O–H groups in total. The number of methoxy groups -OCH3 is 1. The van der Waals surface area contributed by atoms with E-state index in [4.69, 9.17) is 4.74 Å². The minimum absolute atomic E-state index is 0.0138. The van der Waals surface area contributed by atoms with Gasteiger partial charge in [-0.05, 0) is 28.0 Å². The molecule has 0 aliphatic carbocycles. The van der Waals surface area contributed by atoms with Crippen LogP contribution in [0.4, 0.5) is 5.69 Å². The Morgan fingerprint density at radius 3 is 1.85 bits per heavy atom. The Hall–Kier alpha value is -1.51. The Bertz CT molecular complexity index is 505. The monoisotopic (exact) mass is 277 g/mol. The molecule has 0 saturated carbocycles. The van der Waals surface area contributed by atoms with Crippen molar-refractivity contribution < 1.29 is 9.53 Å². The highest BCUT2D eigenvalue weighted by Crippen LogP contribution is 2.39. The van der Waals surface area contributed by atoms with E-state index in [1.807, 2.05) is 6.07 Å². The molecular formula is C17H27NO2. The van der Waals surface area contributed by atoms with Crippen LogP contribution < -0.4 is 10.1 Å². The first-order chi connectivity index (χ1) is 8.96. The van der Waals surface area contributed by atoms with Crippen molar-refractivity contribution in [3.8, 4) is 5.75 Å². The van der Waals surface area contributed by atoms with E-state index >= 15 is 0 Å². The maximum absolute atomic E-state index is 11.4. The van der Waals surface area contributed by atoms with Crippen molar-refractivity contribution >= 4 is 11.6 Å². The molecule has 0 heterocycles. The second-order valence-corrected chi connectivity index (χ2v) is 7.28. The fourth-order valence-electron chi connectivity index (χ4n) is 2.25. The summed E-state index contributed by atoms with van der Waals surface area (Å²) in [7, 11) is 1.67. The number of nitrogens with one attached hydrogen (secondary N) is 1. The van der Waals surface area contributed by atoms with Crippen molar-refractivity contribution in [2.45, 2.75) is 59.3 Å². The largest absolute Gasteiger partial charge is 0.496 e. The van der Waals surface area contributed by atoms with Crippen molar-refractivity contribution in [2.75, 3.05) is 12.4 Å². The quantitative estimate of drug-likeness (QED) is 0.877. The first-order valence-corrected chi connectivity index (χ1v) is 6.97. The first kappa shape index (κ1) is 16.5. The summed E-state index contributed by atoms with van der Waals surface area (Å²) < 4.78 is 5.51. The number of anilines is 1. The van der Waals surface area contributed by atoms with Crippen LogP contribution in [0.3, 0.4) is 0 Å². The van der Waals surface area contributed by atoms with Crippen LogP contribution in [0.2, 0.25) is 0 Å². The number of ether oxygens (including phenoxy) is 1. The van der Waals surface area contributed by atoms with Gasteiger partial charge in [-0.2, -0.15) is 0 Å². The van der Waals surface area contributed by atoms with Crippen LogP contribution in [-0.2, 0) is 15.6 Å². The number of carbonyl (C=O) groups is 1. The molecule has 1 rings (SSSR count). The highest BCUT2D eigenvalue weighted by Gasteiger charge is 2.26. The molecule has 0 saturated heterocycles. The molecule has 0 aliphatic heterocycles. The smallest absolute Gasteiger partial charge is 0.221 e. The molecule has 1 aromatic rings. The van der Waals surface area contributed by atoms with Crippen molar-refractivity contribution in [3.05, 3.63) is 23.3 Å². The van der Waals surface area contributed by atoms with Crippen molar-refractivity contribution in [1.82, 2.24) is 0 Å². The van der Waals surface area contributed by atoms with E-state index in [2.05, 4.69) is 52.9 Å². The van der Waals surface area contributed by atoms with Crippen LogP contribution in [-0.4, -0.2) is 13.0 Å². The highest BCUT2D eigenvalue weighted by molar-refractivity contribution is 5.90. The summed E-state index contributed by atoms with van der Waals surface area (Å²) in [6.07, 6.45) is 0. The maximum Gasteiger partial charge on any atom is 0.221 e. The average molecular weight is 277 g/mol. The number of carbonyl (C=O) groups excluding carboxylic acids is 1. The van der Waals surface area contributed by atoms with Gasteiger partial charge in [-0.1, -0.05) is 41.5 Å². The summed E-state index contributed by atoms with van der Waals surface area (Å²) in [5.74, 6) is 0.746. The van der Waals surface area contributed by atoms with E-state index < -0.39 is 0 Å². The predicted octanol–water partition coefficient (Wildman–Crippen LogP) is 4.25. The summed E-state index contributed by atoms with van der Waals surface area (Å²) in [6, 6.07) is 4.09. The summed E-state index contributed by atoms with van der Waals surface area (Å²) in [6.45, 7) is 14.4. The van der Waals surface area contributed by atoms with Crippen LogP contribution in [0, 0.1) is 0 Å². The van der Waals surface area contributed by atoms with Gasteiger partial charge in [-0.15, -0.1) is 0 Å². The third kappa shape index (κ3) is 3.75. The molecule has 0 aromatic heterocycles.